The summed E-state index contributed by atoms with van der Waals surface area (Å²) < 4.78 is 45.0. The lowest BCUT2D eigenvalue weighted by Crippen LogP contribution is -2.11. The van der Waals surface area contributed by atoms with Crippen molar-refractivity contribution >= 4 is 22.9 Å². The molecule has 4 rings (SSSR count). The average Bonchev–Trinajstić information content (AvgIpc) is 3.15. The van der Waals surface area contributed by atoms with Gasteiger partial charge in [0.15, 0.2) is 0 Å². The molecule has 0 bridgehead atoms. The number of aryl methyl sites for hydroxylation is 1. The molecule has 4 aromatic rings. The standard InChI is InChI=1S/C25H19ClF3NOS/c1-16-23(32-24(30-16)18-10-12-19(13-11-18)25(27,28)29)22(14-17-6-3-2-4-7-17)31-21-9-5-8-20(26)15-21/h2-13,15,22H,14H2,1H3. The van der Waals surface area contributed by atoms with Gasteiger partial charge in [-0.2, -0.15) is 13.2 Å². The number of rotatable bonds is 6. The molecule has 0 aliphatic heterocycles. The van der Waals surface area contributed by atoms with Gasteiger partial charge in [0, 0.05) is 17.0 Å². The van der Waals surface area contributed by atoms with Crippen LogP contribution in [0.4, 0.5) is 13.2 Å². The van der Waals surface area contributed by atoms with Gasteiger partial charge in [-0.25, -0.2) is 4.98 Å². The van der Waals surface area contributed by atoms with Crippen molar-refractivity contribution in [3.05, 3.63) is 106 Å². The first kappa shape index (κ1) is 22.4. The Kier molecular flexibility index (Phi) is 6.53. The predicted molar refractivity (Wildman–Crippen MR) is 122 cm³/mol. The molecule has 0 spiro atoms. The smallest absolute Gasteiger partial charge is 0.416 e. The number of benzene rings is 3. The number of hydrogen-bond donors (Lipinski definition) is 0. The van der Waals surface area contributed by atoms with E-state index in [1.165, 1.54) is 23.5 Å². The topological polar surface area (TPSA) is 22.1 Å². The van der Waals surface area contributed by atoms with Crippen LogP contribution in [0.1, 0.15) is 27.8 Å². The van der Waals surface area contributed by atoms with E-state index >= 15 is 0 Å². The molecule has 2 nitrogen and oxygen atoms in total. The molecular formula is C25H19ClF3NOS. The predicted octanol–water partition coefficient (Wildman–Crippen LogP) is 8.15. The maximum atomic E-state index is 12.9. The fraction of sp³-hybridized carbons (Fsp3) is 0.160. The molecule has 0 saturated heterocycles. The van der Waals surface area contributed by atoms with Gasteiger partial charge in [0.05, 0.1) is 16.1 Å². The quantitative estimate of drug-likeness (QED) is 0.282. The van der Waals surface area contributed by atoms with Gasteiger partial charge >= 0.3 is 6.18 Å². The Morgan fingerprint density at radius 3 is 2.34 bits per heavy atom. The second-order valence-electron chi connectivity index (χ2n) is 7.30. The third-order valence-corrected chi connectivity index (χ3v) is 6.46. The van der Waals surface area contributed by atoms with Crippen molar-refractivity contribution in [1.29, 1.82) is 0 Å². The maximum absolute atomic E-state index is 12.9. The van der Waals surface area contributed by atoms with E-state index in [1.807, 2.05) is 49.4 Å². The number of nitrogens with zero attached hydrogens (tertiary/aromatic N) is 1. The van der Waals surface area contributed by atoms with Crippen molar-refractivity contribution in [2.75, 3.05) is 0 Å². The molecule has 0 saturated carbocycles. The zero-order valence-electron chi connectivity index (χ0n) is 17.1. The van der Waals surface area contributed by atoms with Crippen molar-refractivity contribution < 1.29 is 17.9 Å². The maximum Gasteiger partial charge on any atom is 0.416 e. The monoisotopic (exact) mass is 473 g/mol. The molecule has 3 aromatic carbocycles. The van der Waals surface area contributed by atoms with Crippen LogP contribution in [0.25, 0.3) is 10.6 Å². The van der Waals surface area contributed by atoms with Gasteiger partial charge in [-0.05, 0) is 42.8 Å². The normalized spacial score (nSPS) is 12.5. The number of alkyl halides is 3. The van der Waals surface area contributed by atoms with Gasteiger partial charge in [0.25, 0.3) is 0 Å². The zero-order chi connectivity index (χ0) is 22.7. The van der Waals surface area contributed by atoms with Crippen LogP contribution < -0.4 is 4.74 Å². The van der Waals surface area contributed by atoms with Crippen LogP contribution in [0.3, 0.4) is 0 Å². The first-order valence-corrected chi connectivity index (χ1v) is 11.1. The lowest BCUT2D eigenvalue weighted by Gasteiger charge is -2.19. The highest BCUT2D eigenvalue weighted by Gasteiger charge is 2.30. The largest absolute Gasteiger partial charge is 0.484 e. The summed E-state index contributed by atoms with van der Waals surface area (Å²) in [6, 6.07) is 22.2. The highest BCUT2D eigenvalue weighted by Crippen LogP contribution is 2.37. The first-order chi connectivity index (χ1) is 15.3. The summed E-state index contributed by atoms with van der Waals surface area (Å²) in [5, 5.41) is 1.23. The van der Waals surface area contributed by atoms with E-state index in [2.05, 4.69) is 4.98 Å². The minimum atomic E-state index is -4.37. The van der Waals surface area contributed by atoms with E-state index in [-0.39, 0.29) is 6.10 Å². The highest BCUT2D eigenvalue weighted by molar-refractivity contribution is 7.15. The molecule has 1 atom stereocenters. The molecule has 164 valence electrons. The molecule has 32 heavy (non-hydrogen) atoms. The second-order valence-corrected chi connectivity index (χ2v) is 8.76. The molecular weight excluding hydrogens is 455 g/mol. The molecule has 1 heterocycles. The number of ether oxygens (including phenoxy) is 1. The third kappa shape index (κ3) is 5.31. The SMILES string of the molecule is Cc1nc(-c2ccc(C(F)(F)F)cc2)sc1C(Cc1ccccc1)Oc1cccc(Cl)c1. The highest BCUT2D eigenvalue weighted by atomic mass is 35.5. The first-order valence-electron chi connectivity index (χ1n) is 9.91. The van der Waals surface area contributed by atoms with Crippen LogP contribution in [0.15, 0.2) is 78.9 Å². The molecule has 0 amide bonds. The minimum Gasteiger partial charge on any atom is -0.484 e. The molecule has 0 N–H and O–H groups in total. The van der Waals surface area contributed by atoms with E-state index in [9.17, 15) is 13.2 Å². The fourth-order valence-corrected chi connectivity index (χ4v) is 4.63. The van der Waals surface area contributed by atoms with Crippen molar-refractivity contribution in [1.82, 2.24) is 4.98 Å². The van der Waals surface area contributed by atoms with Crippen LogP contribution >= 0.6 is 22.9 Å². The van der Waals surface area contributed by atoms with Crippen molar-refractivity contribution in [3.63, 3.8) is 0 Å². The van der Waals surface area contributed by atoms with Crippen LogP contribution in [0.2, 0.25) is 5.02 Å². The Morgan fingerprint density at radius 2 is 1.69 bits per heavy atom. The van der Waals surface area contributed by atoms with Crippen molar-refractivity contribution in [2.45, 2.75) is 25.6 Å². The lowest BCUT2D eigenvalue weighted by atomic mass is 10.1. The van der Waals surface area contributed by atoms with Crippen LogP contribution in [0.5, 0.6) is 5.75 Å². The van der Waals surface area contributed by atoms with Gasteiger partial charge in [0.2, 0.25) is 0 Å². The van der Waals surface area contributed by atoms with Crippen LogP contribution in [-0.4, -0.2) is 4.98 Å². The van der Waals surface area contributed by atoms with Gasteiger partial charge in [0.1, 0.15) is 16.9 Å². The Morgan fingerprint density at radius 1 is 0.969 bits per heavy atom. The molecule has 7 heteroatoms. The van der Waals surface area contributed by atoms with E-state index < -0.39 is 11.7 Å². The van der Waals surface area contributed by atoms with Crippen LogP contribution in [-0.2, 0) is 12.6 Å². The number of hydrogen-bond acceptors (Lipinski definition) is 3. The zero-order valence-corrected chi connectivity index (χ0v) is 18.6. The minimum absolute atomic E-state index is 0.323. The number of aromatic nitrogens is 1. The summed E-state index contributed by atoms with van der Waals surface area (Å²) in [6.45, 7) is 1.89. The number of thiazole rings is 1. The fourth-order valence-electron chi connectivity index (χ4n) is 3.35. The van der Waals surface area contributed by atoms with Gasteiger partial charge in [-0.1, -0.05) is 60.1 Å². The summed E-state index contributed by atoms with van der Waals surface area (Å²) in [5.74, 6) is 0.641. The molecule has 1 aromatic heterocycles. The molecule has 0 aliphatic carbocycles. The lowest BCUT2D eigenvalue weighted by molar-refractivity contribution is -0.137. The van der Waals surface area contributed by atoms with E-state index in [4.69, 9.17) is 16.3 Å². The van der Waals surface area contributed by atoms with Crippen molar-refractivity contribution in [3.8, 4) is 16.3 Å². The number of halogens is 4. The van der Waals surface area contributed by atoms with E-state index in [0.29, 0.717) is 27.8 Å². The summed E-state index contributed by atoms with van der Waals surface area (Å²) >= 11 is 7.55. The van der Waals surface area contributed by atoms with Gasteiger partial charge in [-0.3, -0.25) is 0 Å². The molecule has 0 aliphatic rings. The Labute approximate surface area is 193 Å². The van der Waals surface area contributed by atoms with Crippen molar-refractivity contribution in [2.24, 2.45) is 0 Å². The molecule has 0 radical (unpaired) electrons. The van der Waals surface area contributed by atoms with Gasteiger partial charge in [-0.15, -0.1) is 11.3 Å². The summed E-state index contributed by atoms with van der Waals surface area (Å²) in [7, 11) is 0. The van der Waals surface area contributed by atoms with Gasteiger partial charge < -0.3 is 4.74 Å². The summed E-state index contributed by atoms with van der Waals surface area (Å²) in [5.41, 5.74) is 1.84. The van der Waals surface area contributed by atoms with E-state index in [0.717, 1.165) is 28.3 Å². The second kappa shape index (κ2) is 9.35. The molecule has 0 fully saturated rings. The Bertz CT molecular complexity index is 1190. The molecule has 1 unspecified atom stereocenters. The summed E-state index contributed by atoms with van der Waals surface area (Å²) in [6.07, 6.45) is -4.08. The summed E-state index contributed by atoms with van der Waals surface area (Å²) in [4.78, 5) is 5.55. The Hall–Kier alpha value is -2.83. The Balaban J connectivity index is 1.67. The average molecular weight is 474 g/mol. The van der Waals surface area contributed by atoms with Crippen LogP contribution in [0, 0.1) is 6.92 Å². The third-order valence-electron chi connectivity index (χ3n) is 4.92. The van der Waals surface area contributed by atoms with E-state index in [1.54, 1.807) is 12.1 Å².